The Morgan fingerprint density at radius 1 is 1.28 bits per heavy atom. The molecule has 0 unspecified atom stereocenters. The minimum absolute atomic E-state index is 0.240. The largest absolute Gasteiger partial charge is 0.466 e. The third-order valence-corrected chi connectivity index (χ3v) is 3.19. The quantitative estimate of drug-likeness (QED) is 0.580. The molecule has 0 radical (unpaired) electrons. The van der Waals surface area contributed by atoms with Crippen LogP contribution in [0.15, 0.2) is 29.8 Å². The van der Waals surface area contributed by atoms with E-state index in [0.29, 0.717) is 5.02 Å². The van der Waals surface area contributed by atoms with E-state index in [1.165, 1.54) is 7.11 Å². The van der Waals surface area contributed by atoms with E-state index < -0.39 is 0 Å². The third kappa shape index (κ3) is 3.88. The number of rotatable bonds is 5. The minimum atomic E-state index is -0.240. The molecule has 2 nitrogen and oxygen atoms in total. The van der Waals surface area contributed by atoms with Gasteiger partial charge in [-0.25, -0.2) is 4.79 Å². The van der Waals surface area contributed by atoms with Crippen LogP contribution in [0.25, 0.3) is 5.57 Å². The predicted octanol–water partition coefficient (Wildman–Crippen LogP) is 4.48. The molecule has 18 heavy (non-hydrogen) atoms. The van der Waals surface area contributed by atoms with Crippen LogP contribution in [0.1, 0.15) is 38.7 Å². The Bertz CT molecular complexity index is 432. The van der Waals surface area contributed by atoms with E-state index in [2.05, 4.69) is 6.92 Å². The summed E-state index contributed by atoms with van der Waals surface area (Å²) in [5.74, 6) is -0.240. The number of unbranched alkanes of at least 4 members (excludes halogenated alkanes) is 1. The molecular weight excluding hydrogens is 248 g/mol. The van der Waals surface area contributed by atoms with Gasteiger partial charge in [-0.2, -0.15) is 0 Å². The highest BCUT2D eigenvalue weighted by molar-refractivity contribution is 6.30. The summed E-state index contributed by atoms with van der Waals surface area (Å²) in [4.78, 5) is 11.8. The van der Waals surface area contributed by atoms with E-state index in [-0.39, 0.29) is 5.97 Å². The molecule has 1 rings (SSSR count). The first-order valence-electron chi connectivity index (χ1n) is 6.14. The third-order valence-electron chi connectivity index (χ3n) is 2.94. The number of hydrogen-bond acceptors (Lipinski definition) is 2. The molecule has 1 aromatic carbocycles. The number of carbonyl (C=O) groups excluding carboxylic acids is 1. The molecule has 0 amide bonds. The number of halogens is 1. The standard InChI is InChI=1S/C15H19ClO2/c1-4-5-6-14(15(17)18-3)11(2)12-7-9-13(16)10-8-12/h7-10H,4-6H2,1-3H3/b14-11+. The predicted molar refractivity (Wildman–Crippen MR) is 75.6 cm³/mol. The summed E-state index contributed by atoms with van der Waals surface area (Å²) in [5, 5.41) is 0.694. The van der Waals surface area contributed by atoms with Crippen molar-refractivity contribution in [2.45, 2.75) is 33.1 Å². The number of allylic oxidation sites excluding steroid dienone is 1. The highest BCUT2D eigenvalue weighted by Gasteiger charge is 2.13. The first kappa shape index (κ1) is 14.8. The first-order chi connectivity index (χ1) is 8.60. The lowest BCUT2D eigenvalue weighted by Crippen LogP contribution is -2.07. The minimum Gasteiger partial charge on any atom is -0.466 e. The topological polar surface area (TPSA) is 26.3 Å². The Kier molecular flexibility index (Phi) is 5.93. The smallest absolute Gasteiger partial charge is 0.334 e. The summed E-state index contributed by atoms with van der Waals surface area (Å²) < 4.78 is 4.85. The SMILES string of the molecule is CCCC/C(C(=O)OC)=C(/C)c1ccc(Cl)cc1. The molecule has 0 saturated carbocycles. The lowest BCUT2D eigenvalue weighted by Gasteiger charge is -2.10. The summed E-state index contributed by atoms with van der Waals surface area (Å²) in [6, 6.07) is 7.50. The summed E-state index contributed by atoms with van der Waals surface area (Å²) in [6.07, 6.45) is 2.78. The first-order valence-corrected chi connectivity index (χ1v) is 6.52. The van der Waals surface area contributed by atoms with Crippen molar-refractivity contribution in [3.05, 3.63) is 40.4 Å². The maximum absolute atomic E-state index is 11.8. The van der Waals surface area contributed by atoms with Crippen LogP contribution in [0.3, 0.4) is 0 Å². The van der Waals surface area contributed by atoms with Crippen LogP contribution in [0.4, 0.5) is 0 Å². The Hall–Kier alpha value is -1.28. The van der Waals surface area contributed by atoms with Crippen LogP contribution in [0.5, 0.6) is 0 Å². The highest BCUT2D eigenvalue weighted by atomic mass is 35.5. The monoisotopic (exact) mass is 266 g/mol. The highest BCUT2D eigenvalue weighted by Crippen LogP contribution is 2.24. The second-order valence-corrected chi connectivity index (χ2v) is 4.64. The number of carbonyl (C=O) groups is 1. The van der Waals surface area contributed by atoms with Crippen molar-refractivity contribution in [3.63, 3.8) is 0 Å². The Morgan fingerprint density at radius 2 is 1.89 bits per heavy atom. The zero-order valence-electron chi connectivity index (χ0n) is 11.1. The number of hydrogen-bond donors (Lipinski definition) is 0. The van der Waals surface area contributed by atoms with Crippen LogP contribution in [-0.2, 0) is 9.53 Å². The molecule has 0 N–H and O–H groups in total. The molecule has 0 atom stereocenters. The zero-order valence-corrected chi connectivity index (χ0v) is 11.9. The Morgan fingerprint density at radius 3 is 2.39 bits per heavy atom. The van der Waals surface area contributed by atoms with E-state index in [0.717, 1.165) is 36.0 Å². The lowest BCUT2D eigenvalue weighted by molar-refractivity contribution is -0.136. The molecule has 1 aromatic rings. The van der Waals surface area contributed by atoms with Gasteiger partial charge in [0, 0.05) is 10.6 Å². The molecule has 0 heterocycles. The van der Waals surface area contributed by atoms with Crippen LogP contribution in [0.2, 0.25) is 5.02 Å². The fourth-order valence-corrected chi connectivity index (χ4v) is 1.92. The van der Waals surface area contributed by atoms with Gasteiger partial charge in [-0.15, -0.1) is 0 Å². The van der Waals surface area contributed by atoms with E-state index >= 15 is 0 Å². The zero-order chi connectivity index (χ0) is 13.5. The van der Waals surface area contributed by atoms with Gasteiger partial charge in [0.15, 0.2) is 0 Å². The molecule has 0 aliphatic carbocycles. The van der Waals surface area contributed by atoms with Gasteiger partial charge in [0.25, 0.3) is 0 Å². The summed E-state index contributed by atoms with van der Waals surface area (Å²) in [6.45, 7) is 4.05. The molecule has 3 heteroatoms. The maximum atomic E-state index is 11.8. The van der Waals surface area contributed by atoms with Crippen LogP contribution >= 0.6 is 11.6 Å². The van der Waals surface area contributed by atoms with E-state index in [1.807, 2.05) is 31.2 Å². The second kappa shape index (κ2) is 7.22. The summed E-state index contributed by atoms with van der Waals surface area (Å²) in [7, 11) is 1.42. The average molecular weight is 267 g/mol. The molecular formula is C15H19ClO2. The van der Waals surface area contributed by atoms with Crippen molar-refractivity contribution in [1.82, 2.24) is 0 Å². The van der Waals surface area contributed by atoms with Crippen LogP contribution in [0, 0.1) is 0 Å². The second-order valence-electron chi connectivity index (χ2n) is 4.21. The fraction of sp³-hybridized carbons (Fsp3) is 0.400. The number of methoxy groups -OCH3 is 1. The molecule has 0 aromatic heterocycles. The molecule has 0 bridgehead atoms. The van der Waals surface area contributed by atoms with E-state index in [9.17, 15) is 4.79 Å². The van der Waals surface area contributed by atoms with Gasteiger partial charge in [0.05, 0.1) is 7.11 Å². The van der Waals surface area contributed by atoms with E-state index in [4.69, 9.17) is 16.3 Å². The van der Waals surface area contributed by atoms with Crippen molar-refractivity contribution < 1.29 is 9.53 Å². The molecule has 0 saturated heterocycles. The maximum Gasteiger partial charge on any atom is 0.334 e. The van der Waals surface area contributed by atoms with Gasteiger partial charge < -0.3 is 4.74 Å². The average Bonchev–Trinajstić information content (AvgIpc) is 2.39. The van der Waals surface area contributed by atoms with Gasteiger partial charge in [0.1, 0.15) is 0 Å². The van der Waals surface area contributed by atoms with Crippen molar-refractivity contribution in [3.8, 4) is 0 Å². The van der Waals surface area contributed by atoms with E-state index in [1.54, 1.807) is 0 Å². The van der Waals surface area contributed by atoms with Crippen LogP contribution in [-0.4, -0.2) is 13.1 Å². The fourth-order valence-electron chi connectivity index (χ4n) is 1.79. The normalized spacial score (nSPS) is 12.0. The Labute approximate surface area is 114 Å². The van der Waals surface area contributed by atoms with Crippen LogP contribution < -0.4 is 0 Å². The van der Waals surface area contributed by atoms with Crippen molar-refractivity contribution in [2.75, 3.05) is 7.11 Å². The molecule has 98 valence electrons. The molecule has 0 spiro atoms. The number of benzene rings is 1. The van der Waals surface area contributed by atoms with Gasteiger partial charge >= 0.3 is 5.97 Å². The molecule has 0 aliphatic rings. The molecule has 0 aliphatic heterocycles. The number of ether oxygens (including phenoxy) is 1. The molecule has 0 fully saturated rings. The Balaban J connectivity index is 3.08. The summed E-state index contributed by atoms with van der Waals surface area (Å²) >= 11 is 5.86. The van der Waals surface area contributed by atoms with Gasteiger partial charge in [-0.05, 0) is 43.0 Å². The van der Waals surface area contributed by atoms with Crippen molar-refractivity contribution >= 4 is 23.1 Å². The van der Waals surface area contributed by atoms with Crippen molar-refractivity contribution in [1.29, 1.82) is 0 Å². The van der Waals surface area contributed by atoms with Gasteiger partial charge in [-0.1, -0.05) is 37.1 Å². The van der Waals surface area contributed by atoms with Crippen molar-refractivity contribution in [2.24, 2.45) is 0 Å². The van der Waals surface area contributed by atoms with Gasteiger partial charge in [-0.3, -0.25) is 0 Å². The van der Waals surface area contributed by atoms with Gasteiger partial charge in [0.2, 0.25) is 0 Å². The lowest BCUT2D eigenvalue weighted by atomic mass is 9.97. The summed E-state index contributed by atoms with van der Waals surface area (Å²) in [5.41, 5.74) is 2.73. The number of esters is 1.